The average Bonchev–Trinajstić information content (AvgIpc) is 2.89. The van der Waals surface area contributed by atoms with Gasteiger partial charge in [0.05, 0.1) is 24.0 Å². The van der Waals surface area contributed by atoms with E-state index in [1.807, 2.05) is 0 Å². The zero-order chi connectivity index (χ0) is 15.7. The number of hydrogen-bond acceptors (Lipinski definition) is 3. The number of carbonyl (C=O) groups excluding carboxylic acids is 1. The van der Waals surface area contributed by atoms with Gasteiger partial charge < -0.3 is 14.8 Å². The van der Waals surface area contributed by atoms with E-state index in [2.05, 4.69) is 5.32 Å². The fourth-order valence-electron chi connectivity index (χ4n) is 2.89. The Bertz CT molecular complexity index is 659. The smallest absolute Gasteiger partial charge is 0.255 e. The van der Waals surface area contributed by atoms with Crippen LogP contribution in [0.4, 0.5) is 4.39 Å². The normalized spacial score (nSPS) is 22.0. The summed E-state index contributed by atoms with van der Waals surface area (Å²) in [5.74, 6) is 0.177. The van der Waals surface area contributed by atoms with Crippen LogP contribution in [0.1, 0.15) is 40.6 Å². The molecule has 2 N–H and O–H groups in total. The van der Waals surface area contributed by atoms with E-state index in [0.717, 1.165) is 5.56 Å². The quantitative estimate of drug-likeness (QED) is 0.913. The van der Waals surface area contributed by atoms with E-state index in [9.17, 15) is 14.3 Å². The molecule has 1 atom stereocenters. The summed E-state index contributed by atoms with van der Waals surface area (Å²) in [5.41, 5.74) is 1.33. The summed E-state index contributed by atoms with van der Waals surface area (Å²) in [7, 11) is 0. The van der Waals surface area contributed by atoms with Crippen molar-refractivity contribution in [3.63, 3.8) is 0 Å². The molecule has 4 nitrogen and oxygen atoms in total. The minimum absolute atomic E-state index is 0.150. The second kappa shape index (κ2) is 5.93. The van der Waals surface area contributed by atoms with Gasteiger partial charge in [0.25, 0.3) is 5.91 Å². The lowest BCUT2D eigenvalue weighted by molar-refractivity contribution is 0.0235. The van der Waals surface area contributed by atoms with Crippen LogP contribution in [0.2, 0.25) is 0 Å². The predicted molar refractivity (Wildman–Crippen MR) is 78.8 cm³/mol. The lowest BCUT2D eigenvalue weighted by Gasteiger charge is -2.38. The Morgan fingerprint density at radius 3 is 2.55 bits per heavy atom. The highest BCUT2D eigenvalue weighted by Crippen LogP contribution is 2.38. The SMILES string of the molecule is Cc1occc1C(=O)N[C@@H](c1ccc(F)cc1)C1CC(O)C1. The molecule has 0 bridgehead atoms. The van der Waals surface area contributed by atoms with E-state index < -0.39 is 0 Å². The van der Waals surface area contributed by atoms with E-state index in [1.54, 1.807) is 25.1 Å². The fourth-order valence-corrected chi connectivity index (χ4v) is 2.89. The average molecular weight is 303 g/mol. The standard InChI is InChI=1S/C17H18FNO3/c1-10-15(6-7-22-10)17(21)19-16(12-8-14(20)9-12)11-2-4-13(18)5-3-11/h2-7,12,14,16,20H,8-9H2,1H3,(H,19,21)/t12?,14?,16-/m0/s1. The van der Waals surface area contributed by atoms with E-state index >= 15 is 0 Å². The number of furan rings is 1. The Balaban J connectivity index is 1.81. The number of nitrogens with one attached hydrogen (secondary N) is 1. The Morgan fingerprint density at radius 2 is 2.00 bits per heavy atom. The van der Waals surface area contributed by atoms with Crippen molar-refractivity contribution in [3.05, 3.63) is 59.3 Å². The molecule has 5 heteroatoms. The number of aryl methyl sites for hydroxylation is 1. The molecule has 0 unspecified atom stereocenters. The highest BCUT2D eigenvalue weighted by atomic mass is 19.1. The molecule has 1 saturated carbocycles. The highest BCUT2D eigenvalue weighted by Gasteiger charge is 2.36. The van der Waals surface area contributed by atoms with Crippen LogP contribution in [-0.2, 0) is 0 Å². The topological polar surface area (TPSA) is 62.5 Å². The highest BCUT2D eigenvalue weighted by molar-refractivity contribution is 5.95. The van der Waals surface area contributed by atoms with Gasteiger partial charge in [0.1, 0.15) is 11.6 Å². The van der Waals surface area contributed by atoms with E-state index in [-0.39, 0.29) is 29.8 Å². The number of carbonyl (C=O) groups is 1. The molecule has 1 aliphatic carbocycles. The van der Waals surface area contributed by atoms with Gasteiger partial charge in [0.15, 0.2) is 0 Å². The molecule has 3 rings (SSSR count). The largest absolute Gasteiger partial charge is 0.469 e. The van der Waals surface area contributed by atoms with Crippen LogP contribution < -0.4 is 5.32 Å². The van der Waals surface area contributed by atoms with Crippen LogP contribution in [0.25, 0.3) is 0 Å². The zero-order valence-electron chi connectivity index (χ0n) is 12.3. The van der Waals surface area contributed by atoms with Gasteiger partial charge in [0.2, 0.25) is 0 Å². The number of amides is 1. The molecule has 0 saturated heterocycles. The summed E-state index contributed by atoms with van der Waals surface area (Å²) in [6.45, 7) is 1.73. The van der Waals surface area contributed by atoms with Gasteiger partial charge in [-0.3, -0.25) is 4.79 Å². The first-order valence-corrected chi connectivity index (χ1v) is 7.33. The molecule has 116 valence electrons. The third-order valence-corrected chi connectivity index (χ3v) is 4.24. The number of rotatable bonds is 4. The predicted octanol–water partition coefficient (Wildman–Crippen LogP) is 2.97. The number of hydrogen-bond donors (Lipinski definition) is 2. The third-order valence-electron chi connectivity index (χ3n) is 4.24. The summed E-state index contributed by atoms with van der Waals surface area (Å²) in [4.78, 5) is 12.4. The molecular weight excluding hydrogens is 285 g/mol. The molecule has 0 aliphatic heterocycles. The lowest BCUT2D eigenvalue weighted by Crippen LogP contribution is -2.41. The number of benzene rings is 1. The van der Waals surface area contributed by atoms with E-state index in [4.69, 9.17) is 4.42 Å². The Labute approximate surface area is 128 Å². The molecule has 0 spiro atoms. The maximum Gasteiger partial charge on any atom is 0.255 e. The Hall–Kier alpha value is -2.14. The molecule has 1 aliphatic rings. The first-order chi connectivity index (χ1) is 10.5. The third kappa shape index (κ3) is 2.90. The van der Waals surface area contributed by atoms with E-state index in [0.29, 0.717) is 24.2 Å². The minimum atomic E-state index is -0.319. The maximum atomic E-state index is 13.1. The molecule has 1 fully saturated rings. The van der Waals surface area contributed by atoms with Crippen molar-refractivity contribution < 1.29 is 18.7 Å². The van der Waals surface area contributed by atoms with Crippen molar-refractivity contribution in [2.75, 3.05) is 0 Å². The van der Waals surface area contributed by atoms with Gasteiger partial charge in [-0.1, -0.05) is 12.1 Å². The number of aliphatic hydroxyl groups is 1. The molecule has 1 amide bonds. The van der Waals surface area contributed by atoms with Crippen LogP contribution in [0.15, 0.2) is 41.0 Å². The monoisotopic (exact) mass is 303 g/mol. The summed E-state index contributed by atoms with van der Waals surface area (Å²) >= 11 is 0. The van der Waals surface area contributed by atoms with Gasteiger partial charge >= 0.3 is 0 Å². The van der Waals surface area contributed by atoms with Crippen molar-refractivity contribution >= 4 is 5.91 Å². The minimum Gasteiger partial charge on any atom is -0.469 e. The first kappa shape index (κ1) is 14.8. The van der Waals surface area contributed by atoms with Crippen LogP contribution in [0.5, 0.6) is 0 Å². The van der Waals surface area contributed by atoms with Gasteiger partial charge in [-0.05, 0) is 49.4 Å². The molecule has 1 aromatic carbocycles. The second-order valence-electron chi connectivity index (χ2n) is 5.78. The van der Waals surface area contributed by atoms with Crippen molar-refractivity contribution in [1.82, 2.24) is 5.32 Å². The molecule has 1 aromatic heterocycles. The van der Waals surface area contributed by atoms with Gasteiger partial charge in [0, 0.05) is 0 Å². The second-order valence-corrected chi connectivity index (χ2v) is 5.78. The van der Waals surface area contributed by atoms with Crippen LogP contribution in [-0.4, -0.2) is 17.1 Å². The van der Waals surface area contributed by atoms with Crippen molar-refractivity contribution in [2.24, 2.45) is 5.92 Å². The fraction of sp³-hybridized carbons (Fsp3) is 0.353. The number of halogens is 1. The van der Waals surface area contributed by atoms with E-state index in [1.165, 1.54) is 18.4 Å². The number of aliphatic hydroxyl groups excluding tert-OH is 1. The first-order valence-electron chi connectivity index (χ1n) is 7.33. The van der Waals surface area contributed by atoms with Gasteiger partial charge in [-0.2, -0.15) is 0 Å². The Kier molecular flexibility index (Phi) is 3.98. The van der Waals surface area contributed by atoms with Crippen molar-refractivity contribution in [2.45, 2.75) is 31.9 Å². The molecule has 2 aromatic rings. The zero-order valence-corrected chi connectivity index (χ0v) is 12.3. The molecular formula is C17H18FNO3. The molecule has 0 radical (unpaired) electrons. The van der Waals surface area contributed by atoms with Crippen molar-refractivity contribution in [3.8, 4) is 0 Å². The van der Waals surface area contributed by atoms with Crippen LogP contribution >= 0.6 is 0 Å². The summed E-state index contributed by atoms with van der Waals surface area (Å²) in [5, 5.41) is 12.5. The summed E-state index contributed by atoms with van der Waals surface area (Å²) < 4.78 is 18.3. The van der Waals surface area contributed by atoms with Crippen molar-refractivity contribution in [1.29, 1.82) is 0 Å². The van der Waals surface area contributed by atoms with Crippen LogP contribution in [0, 0.1) is 18.7 Å². The summed E-state index contributed by atoms with van der Waals surface area (Å²) in [6, 6.07) is 7.49. The van der Waals surface area contributed by atoms with Crippen LogP contribution in [0.3, 0.4) is 0 Å². The maximum absolute atomic E-state index is 13.1. The van der Waals surface area contributed by atoms with Gasteiger partial charge in [-0.15, -0.1) is 0 Å². The molecule has 22 heavy (non-hydrogen) atoms. The summed E-state index contributed by atoms with van der Waals surface area (Å²) in [6.07, 6.45) is 2.42. The van der Waals surface area contributed by atoms with Gasteiger partial charge in [-0.25, -0.2) is 4.39 Å². The molecule has 1 heterocycles. The lowest BCUT2D eigenvalue weighted by atomic mass is 9.75. The Morgan fingerprint density at radius 1 is 1.32 bits per heavy atom.